The third kappa shape index (κ3) is 1.91. The topological polar surface area (TPSA) is 80.5 Å². The molecule has 0 bridgehead atoms. The molecule has 2 aromatic rings. The number of nitrogens with zero attached hydrogens (tertiary/aromatic N) is 3. The lowest BCUT2D eigenvalue weighted by Crippen LogP contribution is -2.26. The van der Waals surface area contributed by atoms with Crippen LogP contribution >= 0.6 is 11.8 Å². The Kier molecular flexibility index (Phi) is 2.76. The van der Waals surface area contributed by atoms with Gasteiger partial charge in [-0.3, -0.25) is 0 Å². The van der Waals surface area contributed by atoms with E-state index in [1.54, 1.807) is 24.4 Å². The Bertz CT molecular complexity index is 525. The van der Waals surface area contributed by atoms with Crippen LogP contribution in [0.4, 0.5) is 0 Å². The summed E-state index contributed by atoms with van der Waals surface area (Å²) in [6, 6.07) is 0.326. The van der Waals surface area contributed by atoms with E-state index in [0.717, 1.165) is 29.0 Å². The maximum absolute atomic E-state index is 6.05. The van der Waals surface area contributed by atoms with Gasteiger partial charge in [0.05, 0.1) is 6.33 Å². The molecular weight excluding hydrogens is 234 g/mol. The van der Waals surface area contributed by atoms with Crippen LogP contribution in [0.1, 0.15) is 19.8 Å². The molecule has 2 heterocycles. The number of aromatic nitrogens is 4. The van der Waals surface area contributed by atoms with Crippen LogP contribution in [0, 0.1) is 5.92 Å². The van der Waals surface area contributed by atoms with E-state index in [4.69, 9.17) is 5.73 Å². The number of thioether (sulfide) groups is 1. The van der Waals surface area contributed by atoms with Crippen molar-refractivity contribution < 1.29 is 0 Å². The summed E-state index contributed by atoms with van der Waals surface area (Å²) in [5.74, 6) is 0.535. The lowest BCUT2D eigenvalue weighted by atomic mass is 10.1. The summed E-state index contributed by atoms with van der Waals surface area (Å²) >= 11 is 1.79. The molecule has 6 heteroatoms. The van der Waals surface area contributed by atoms with Crippen molar-refractivity contribution in [2.24, 2.45) is 11.7 Å². The first-order valence-corrected chi connectivity index (χ1v) is 6.70. The first-order chi connectivity index (χ1) is 8.25. The Morgan fingerprint density at radius 3 is 3.00 bits per heavy atom. The average Bonchev–Trinajstić information content (AvgIpc) is 2.91. The van der Waals surface area contributed by atoms with Crippen LogP contribution in [-0.4, -0.2) is 31.2 Å². The van der Waals surface area contributed by atoms with Crippen LogP contribution in [-0.2, 0) is 0 Å². The van der Waals surface area contributed by atoms with Crippen LogP contribution in [0.2, 0.25) is 0 Å². The highest BCUT2D eigenvalue weighted by atomic mass is 32.2. The highest BCUT2D eigenvalue weighted by molar-refractivity contribution is 8.00. The number of nitrogens with two attached hydrogens (primary N) is 1. The maximum Gasteiger partial charge on any atom is 0.181 e. The molecule has 0 spiro atoms. The van der Waals surface area contributed by atoms with Crippen molar-refractivity contribution in [1.29, 1.82) is 0 Å². The number of hydrogen-bond acceptors (Lipinski definition) is 5. The molecule has 1 aliphatic carbocycles. The summed E-state index contributed by atoms with van der Waals surface area (Å²) in [6.45, 7) is 2.22. The predicted molar refractivity (Wildman–Crippen MR) is 67.7 cm³/mol. The first-order valence-electron chi connectivity index (χ1n) is 5.82. The molecule has 2 aromatic heterocycles. The van der Waals surface area contributed by atoms with Crippen molar-refractivity contribution in [3.8, 4) is 0 Å². The molecule has 3 N–H and O–H groups in total. The lowest BCUT2D eigenvalue weighted by Gasteiger charge is -2.16. The summed E-state index contributed by atoms with van der Waals surface area (Å²) in [5.41, 5.74) is 7.72. The van der Waals surface area contributed by atoms with Gasteiger partial charge in [-0.25, -0.2) is 15.0 Å². The van der Waals surface area contributed by atoms with Gasteiger partial charge in [-0.2, -0.15) is 0 Å². The largest absolute Gasteiger partial charge is 0.341 e. The minimum atomic E-state index is 0.326. The molecule has 1 saturated carbocycles. The molecule has 0 radical (unpaired) electrons. The fraction of sp³-hybridized carbons (Fsp3) is 0.545. The zero-order chi connectivity index (χ0) is 11.8. The number of aromatic amines is 1. The van der Waals surface area contributed by atoms with Gasteiger partial charge in [0.25, 0.3) is 0 Å². The van der Waals surface area contributed by atoms with Gasteiger partial charge >= 0.3 is 0 Å². The van der Waals surface area contributed by atoms with E-state index >= 15 is 0 Å². The van der Waals surface area contributed by atoms with E-state index in [1.807, 2.05) is 0 Å². The lowest BCUT2D eigenvalue weighted by molar-refractivity contribution is 0.535. The zero-order valence-corrected chi connectivity index (χ0v) is 10.4. The summed E-state index contributed by atoms with van der Waals surface area (Å²) < 4.78 is 0. The number of hydrogen-bond donors (Lipinski definition) is 2. The minimum absolute atomic E-state index is 0.326. The Balaban J connectivity index is 1.88. The second-order valence-electron chi connectivity index (χ2n) is 4.54. The number of imidazole rings is 1. The van der Waals surface area contributed by atoms with Gasteiger partial charge in [-0.1, -0.05) is 6.92 Å². The SMILES string of the molecule is CC1C(N)CCC1Sc1ncnc2nc[nH]c12. The minimum Gasteiger partial charge on any atom is -0.341 e. The van der Waals surface area contributed by atoms with E-state index < -0.39 is 0 Å². The van der Waals surface area contributed by atoms with E-state index in [-0.39, 0.29) is 0 Å². The smallest absolute Gasteiger partial charge is 0.181 e. The highest BCUT2D eigenvalue weighted by Crippen LogP contribution is 2.38. The normalized spacial score (nSPS) is 28.9. The molecule has 5 nitrogen and oxygen atoms in total. The molecule has 0 aliphatic heterocycles. The van der Waals surface area contributed by atoms with Crippen LogP contribution in [0.5, 0.6) is 0 Å². The van der Waals surface area contributed by atoms with Gasteiger partial charge in [0.1, 0.15) is 16.9 Å². The van der Waals surface area contributed by atoms with Crippen molar-refractivity contribution in [3.05, 3.63) is 12.7 Å². The van der Waals surface area contributed by atoms with Crippen molar-refractivity contribution in [2.45, 2.75) is 36.1 Å². The molecule has 1 aliphatic rings. The Morgan fingerprint density at radius 1 is 1.35 bits per heavy atom. The van der Waals surface area contributed by atoms with Crippen LogP contribution in [0.25, 0.3) is 11.2 Å². The van der Waals surface area contributed by atoms with E-state index in [9.17, 15) is 0 Å². The Morgan fingerprint density at radius 2 is 2.24 bits per heavy atom. The molecular formula is C11H15N5S. The van der Waals surface area contributed by atoms with Gasteiger partial charge in [0.2, 0.25) is 0 Å². The van der Waals surface area contributed by atoms with Crippen LogP contribution in [0.15, 0.2) is 17.7 Å². The monoisotopic (exact) mass is 249 g/mol. The van der Waals surface area contributed by atoms with Gasteiger partial charge in [-0.05, 0) is 18.8 Å². The standard InChI is InChI=1S/C11H15N5S/c1-6-7(12)2-3-8(6)17-11-9-10(14-4-13-9)15-5-16-11/h4-8H,2-3,12H2,1H3,(H,13,14,15,16). The third-order valence-electron chi connectivity index (χ3n) is 3.50. The van der Waals surface area contributed by atoms with Crippen LogP contribution < -0.4 is 5.73 Å². The Hall–Kier alpha value is -1.14. The molecule has 0 amide bonds. The molecule has 17 heavy (non-hydrogen) atoms. The van der Waals surface area contributed by atoms with E-state index in [2.05, 4.69) is 26.9 Å². The molecule has 90 valence electrons. The van der Waals surface area contributed by atoms with Crippen LogP contribution in [0.3, 0.4) is 0 Å². The summed E-state index contributed by atoms with van der Waals surface area (Å²) in [5, 5.41) is 1.53. The first kappa shape index (κ1) is 11.0. The second-order valence-corrected chi connectivity index (χ2v) is 5.76. The second kappa shape index (κ2) is 4.27. The summed E-state index contributed by atoms with van der Waals surface area (Å²) in [7, 11) is 0. The van der Waals surface area contributed by atoms with E-state index in [0.29, 0.717) is 17.2 Å². The zero-order valence-electron chi connectivity index (χ0n) is 9.63. The average molecular weight is 249 g/mol. The summed E-state index contributed by atoms with van der Waals surface area (Å²) in [4.78, 5) is 15.7. The van der Waals surface area contributed by atoms with Crippen molar-refractivity contribution in [3.63, 3.8) is 0 Å². The highest BCUT2D eigenvalue weighted by Gasteiger charge is 2.31. The number of rotatable bonds is 2. The molecule has 3 unspecified atom stereocenters. The van der Waals surface area contributed by atoms with Crippen molar-refractivity contribution in [1.82, 2.24) is 19.9 Å². The predicted octanol–water partition coefficient (Wildman–Crippen LogP) is 1.57. The molecule has 3 atom stereocenters. The third-order valence-corrected chi connectivity index (χ3v) is 5.00. The van der Waals surface area contributed by atoms with Gasteiger partial charge in [0.15, 0.2) is 5.65 Å². The van der Waals surface area contributed by atoms with Gasteiger partial charge < -0.3 is 10.7 Å². The van der Waals surface area contributed by atoms with Gasteiger partial charge in [0, 0.05) is 11.3 Å². The molecule has 1 fully saturated rings. The molecule has 0 saturated heterocycles. The number of H-pyrrole nitrogens is 1. The molecule has 0 aromatic carbocycles. The van der Waals surface area contributed by atoms with E-state index in [1.165, 1.54) is 0 Å². The quantitative estimate of drug-likeness (QED) is 0.790. The number of nitrogens with one attached hydrogen (secondary N) is 1. The fourth-order valence-electron chi connectivity index (χ4n) is 2.30. The van der Waals surface area contributed by atoms with Crippen molar-refractivity contribution in [2.75, 3.05) is 0 Å². The van der Waals surface area contributed by atoms with Crippen molar-refractivity contribution >= 4 is 22.9 Å². The fourth-order valence-corrected chi connectivity index (χ4v) is 3.63. The number of fused-ring (bicyclic) bond motifs is 1. The maximum atomic E-state index is 6.05. The van der Waals surface area contributed by atoms with Gasteiger partial charge in [-0.15, -0.1) is 11.8 Å². The summed E-state index contributed by atoms with van der Waals surface area (Å²) in [6.07, 6.45) is 5.50. The molecule has 3 rings (SSSR count). The Labute approximate surface area is 104 Å².